The molecule has 2 aliphatic heterocycles. The van der Waals surface area contributed by atoms with Crippen LogP contribution >= 0.6 is 11.8 Å². The minimum Gasteiger partial charge on any atom is -0.339 e. The first-order valence-electron chi connectivity index (χ1n) is 12.3. The molecule has 0 bridgehead atoms. The van der Waals surface area contributed by atoms with E-state index in [0.717, 1.165) is 58.2 Å². The van der Waals surface area contributed by atoms with Crippen molar-refractivity contribution < 1.29 is 9.59 Å². The second-order valence-electron chi connectivity index (χ2n) is 9.77. The fourth-order valence-corrected chi connectivity index (χ4v) is 5.58. The lowest BCUT2D eigenvalue weighted by molar-refractivity contribution is -0.135. The third-order valence-electron chi connectivity index (χ3n) is 7.81. The lowest BCUT2D eigenvalue weighted by Gasteiger charge is -2.43. The van der Waals surface area contributed by atoms with Crippen molar-refractivity contribution in [2.24, 2.45) is 0 Å². The maximum Gasteiger partial charge on any atom is 0.265 e. The molecule has 1 aromatic carbocycles. The van der Waals surface area contributed by atoms with Gasteiger partial charge in [0.25, 0.3) is 5.91 Å². The van der Waals surface area contributed by atoms with E-state index in [4.69, 9.17) is 11.8 Å². The Morgan fingerprint density at radius 3 is 2.55 bits per heavy atom. The van der Waals surface area contributed by atoms with Crippen molar-refractivity contribution in [1.82, 2.24) is 19.5 Å². The summed E-state index contributed by atoms with van der Waals surface area (Å²) in [7, 11) is 0. The molecule has 2 amide bonds. The van der Waals surface area contributed by atoms with Gasteiger partial charge in [0, 0.05) is 68.6 Å². The molecule has 1 saturated carbocycles. The van der Waals surface area contributed by atoms with Gasteiger partial charge in [0.15, 0.2) is 0 Å². The van der Waals surface area contributed by atoms with Gasteiger partial charge in [-0.2, -0.15) is 0 Å². The van der Waals surface area contributed by atoms with Gasteiger partial charge >= 0.3 is 0 Å². The zero-order valence-electron chi connectivity index (χ0n) is 19.1. The van der Waals surface area contributed by atoms with Crippen LogP contribution in [0.4, 0.5) is 0 Å². The number of piperazine rings is 1. The summed E-state index contributed by atoms with van der Waals surface area (Å²) < 4.78 is 0. The van der Waals surface area contributed by atoms with Crippen molar-refractivity contribution in [2.75, 3.05) is 39.3 Å². The molecule has 1 N–H and O–H groups in total. The summed E-state index contributed by atoms with van der Waals surface area (Å²) in [6, 6.07) is 7.50. The molecular formula is C26H33ClN4O2. The van der Waals surface area contributed by atoms with Crippen LogP contribution in [0.1, 0.15) is 48.3 Å². The van der Waals surface area contributed by atoms with Gasteiger partial charge in [-0.1, -0.05) is 42.8 Å². The molecule has 2 heterocycles. The molecule has 1 unspecified atom stereocenters. The fraction of sp³-hybridized carbons (Fsp3) is 0.538. The molecule has 1 atom stereocenters. The third kappa shape index (κ3) is 5.03. The van der Waals surface area contributed by atoms with Gasteiger partial charge in [-0.05, 0) is 42.4 Å². The summed E-state index contributed by atoms with van der Waals surface area (Å²) in [5.74, 6) is 0.298. The normalized spacial score (nSPS) is 24.1. The van der Waals surface area contributed by atoms with Gasteiger partial charge < -0.3 is 4.90 Å². The number of hydrogen-bond donors (Lipinski definition) is 1. The predicted molar refractivity (Wildman–Crippen MR) is 130 cm³/mol. The molecule has 0 spiro atoms. The van der Waals surface area contributed by atoms with Gasteiger partial charge in [0.2, 0.25) is 5.91 Å². The number of hydrogen-bond acceptors (Lipinski definition) is 4. The van der Waals surface area contributed by atoms with Crippen LogP contribution < -0.4 is 4.84 Å². The number of amides is 2. The summed E-state index contributed by atoms with van der Waals surface area (Å²) in [4.78, 5) is 33.7. The molecular weight excluding hydrogens is 436 g/mol. The number of fused-ring (bicyclic) bond motifs is 1. The topological polar surface area (TPSA) is 55.9 Å². The van der Waals surface area contributed by atoms with Gasteiger partial charge in [-0.15, -0.1) is 0 Å². The smallest absolute Gasteiger partial charge is 0.265 e. The quantitative estimate of drug-likeness (QED) is 0.675. The standard InChI is InChI=1S/C26H33ClN4O2/c27-28-26(33)20-6-4-19(5-7-20)21-8-9-23-17-29(11-10-22(23)16-21)18-25(32)31-14-12-30(13-15-31)24-2-1-3-24/h4,6-9,16,19,24H,1-3,5,10-15,17-18H2,(H,28,33). The molecule has 0 radical (unpaired) electrons. The van der Waals surface area contributed by atoms with Gasteiger partial charge in [-0.3, -0.25) is 24.2 Å². The Morgan fingerprint density at radius 1 is 1.06 bits per heavy atom. The molecule has 7 heteroatoms. The first kappa shape index (κ1) is 22.6. The zero-order valence-corrected chi connectivity index (χ0v) is 19.9. The molecule has 0 aromatic heterocycles. The lowest BCUT2D eigenvalue weighted by atomic mass is 9.87. The van der Waals surface area contributed by atoms with E-state index in [1.807, 2.05) is 12.2 Å². The molecule has 6 nitrogen and oxygen atoms in total. The lowest BCUT2D eigenvalue weighted by Crippen LogP contribution is -2.55. The minimum atomic E-state index is -0.258. The van der Waals surface area contributed by atoms with E-state index in [1.54, 1.807) is 0 Å². The highest BCUT2D eigenvalue weighted by Gasteiger charge is 2.30. The van der Waals surface area contributed by atoms with Crippen LogP contribution in [0.2, 0.25) is 0 Å². The number of rotatable bonds is 5. The van der Waals surface area contributed by atoms with Crippen LogP contribution in [0, 0.1) is 0 Å². The molecule has 4 aliphatic rings. The van der Waals surface area contributed by atoms with Crippen LogP contribution in [0.5, 0.6) is 0 Å². The number of carbonyl (C=O) groups is 2. The number of nitrogens with one attached hydrogen (secondary N) is 1. The molecule has 1 saturated heterocycles. The number of allylic oxidation sites excluding steroid dienone is 2. The maximum absolute atomic E-state index is 12.9. The molecule has 33 heavy (non-hydrogen) atoms. The van der Waals surface area contributed by atoms with E-state index >= 15 is 0 Å². The van der Waals surface area contributed by atoms with E-state index in [9.17, 15) is 9.59 Å². The van der Waals surface area contributed by atoms with Gasteiger partial charge in [0.1, 0.15) is 0 Å². The summed E-state index contributed by atoms with van der Waals surface area (Å²) in [6.07, 6.45) is 11.7. The van der Waals surface area contributed by atoms with Crippen LogP contribution in [-0.4, -0.2) is 71.8 Å². The summed E-state index contributed by atoms with van der Waals surface area (Å²) in [5.41, 5.74) is 4.60. The van der Waals surface area contributed by atoms with Crippen molar-refractivity contribution in [1.29, 1.82) is 0 Å². The summed E-state index contributed by atoms with van der Waals surface area (Å²) in [6.45, 7) is 6.10. The molecule has 2 aliphatic carbocycles. The van der Waals surface area contributed by atoms with Crippen LogP contribution in [0.3, 0.4) is 0 Å². The number of carbonyl (C=O) groups excluding carboxylic acids is 2. The Morgan fingerprint density at radius 2 is 1.88 bits per heavy atom. The highest BCUT2D eigenvalue weighted by atomic mass is 35.5. The summed E-state index contributed by atoms with van der Waals surface area (Å²) in [5, 5.41) is 0. The van der Waals surface area contributed by atoms with Crippen molar-refractivity contribution in [3.05, 3.63) is 58.7 Å². The Bertz CT molecular complexity index is 963. The SMILES string of the molecule is O=C(NCl)C1=CCC(c2ccc3c(c2)CCN(CC(=O)N2CCN(C4CCC4)CC2)C3)C=C1. The molecule has 1 aromatic rings. The highest BCUT2D eigenvalue weighted by molar-refractivity contribution is 6.24. The maximum atomic E-state index is 12.9. The van der Waals surface area contributed by atoms with Crippen molar-refractivity contribution in [3.63, 3.8) is 0 Å². The Kier molecular flexibility index (Phi) is 6.86. The monoisotopic (exact) mass is 468 g/mol. The average Bonchev–Trinajstić information content (AvgIpc) is 2.82. The van der Waals surface area contributed by atoms with E-state index < -0.39 is 0 Å². The van der Waals surface area contributed by atoms with Crippen LogP contribution in [-0.2, 0) is 22.6 Å². The Hall–Kier alpha value is -2.15. The zero-order chi connectivity index (χ0) is 22.8. The number of nitrogens with zero attached hydrogens (tertiary/aromatic N) is 3. The number of halogens is 1. The highest BCUT2D eigenvalue weighted by Crippen LogP contribution is 2.30. The fourth-order valence-electron chi connectivity index (χ4n) is 5.47. The van der Waals surface area contributed by atoms with Crippen molar-refractivity contribution in [2.45, 2.75) is 50.6 Å². The van der Waals surface area contributed by atoms with E-state index in [2.05, 4.69) is 43.8 Å². The first-order valence-corrected chi connectivity index (χ1v) is 12.6. The van der Waals surface area contributed by atoms with Gasteiger partial charge in [-0.25, -0.2) is 0 Å². The Labute approximate surface area is 201 Å². The van der Waals surface area contributed by atoms with Crippen molar-refractivity contribution in [3.8, 4) is 0 Å². The Balaban J connectivity index is 1.13. The van der Waals surface area contributed by atoms with Crippen LogP contribution in [0.15, 0.2) is 42.0 Å². The molecule has 2 fully saturated rings. The second kappa shape index (κ2) is 10.00. The average molecular weight is 469 g/mol. The predicted octanol–water partition coefficient (Wildman–Crippen LogP) is 2.98. The summed E-state index contributed by atoms with van der Waals surface area (Å²) >= 11 is 5.43. The minimum absolute atomic E-state index is 0.258. The van der Waals surface area contributed by atoms with Gasteiger partial charge in [0.05, 0.1) is 6.54 Å². The van der Waals surface area contributed by atoms with E-state index in [-0.39, 0.29) is 17.7 Å². The largest absolute Gasteiger partial charge is 0.339 e. The van der Waals surface area contributed by atoms with E-state index in [0.29, 0.717) is 12.1 Å². The van der Waals surface area contributed by atoms with E-state index in [1.165, 1.54) is 36.0 Å². The second-order valence-corrected chi connectivity index (χ2v) is 9.96. The van der Waals surface area contributed by atoms with Crippen LogP contribution in [0.25, 0.3) is 0 Å². The molecule has 5 rings (SSSR count). The molecule has 176 valence electrons. The third-order valence-corrected chi connectivity index (χ3v) is 7.99. The first-order chi connectivity index (χ1) is 16.1. The van der Waals surface area contributed by atoms with Crippen molar-refractivity contribution >= 4 is 23.6 Å². The number of benzene rings is 1.